The molecule has 2 heterocycles. The first-order valence-corrected chi connectivity index (χ1v) is 23.5. The van der Waals surface area contributed by atoms with Crippen LogP contribution in [0.1, 0.15) is 22.3 Å². The van der Waals surface area contributed by atoms with Gasteiger partial charge < -0.3 is 19.4 Å². The molecular formula is C64H44N6. The van der Waals surface area contributed by atoms with Crippen LogP contribution in [0.2, 0.25) is 0 Å². The van der Waals surface area contributed by atoms with Crippen molar-refractivity contribution in [1.29, 1.82) is 10.5 Å². The number of para-hydroxylation sites is 3. The molecule has 6 nitrogen and oxygen atoms in total. The summed E-state index contributed by atoms with van der Waals surface area (Å²) in [7, 11) is 0. The number of hydrogen-bond acceptors (Lipinski definition) is 4. The molecule has 0 saturated heterocycles. The van der Waals surface area contributed by atoms with E-state index in [-0.39, 0.29) is 0 Å². The van der Waals surface area contributed by atoms with Crippen LogP contribution in [0.15, 0.2) is 224 Å². The third kappa shape index (κ3) is 7.03. The minimum Gasteiger partial charge on any atom is -0.356 e. The Kier molecular flexibility index (Phi) is 10.3. The van der Waals surface area contributed by atoms with Gasteiger partial charge >= 0.3 is 0 Å². The monoisotopic (exact) mass is 896 g/mol. The van der Waals surface area contributed by atoms with E-state index >= 15 is 0 Å². The largest absolute Gasteiger partial charge is 0.356 e. The normalized spacial score (nSPS) is 11.3. The Hall–Kier alpha value is -9.62. The van der Waals surface area contributed by atoms with Gasteiger partial charge in [-0.2, -0.15) is 10.5 Å². The summed E-state index contributed by atoms with van der Waals surface area (Å²) in [6, 6.07) is 83.1. The number of nitrogens with one attached hydrogen (secondary N) is 1. The third-order valence-corrected chi connectivity index (χ3v) is 13.4. The van der Waals surface area contributed by atoms with Crippen molar-refractivity contribution in [3.63, 3.8) is 0 Å². The summed E-state index contributed by atoms with van der Waals surface area (Å²) >= 11 is 0. The SMILES string of the molecule is Cc1ccc2c(c1)c1cc(C)ccc1n2-c1c(-c2ccccc2C#N)ccc(-n2c3ccc(Nc4ccccc4)cc3c3cc(N(c4ccccc4)c4ccccc4)ccc32)c1-c1ccccc1C#N. The Morgan fingerprint density at radius 1 is 0.386 bits per heavy atom. The van der Waals surface area contributed by atoms with Crippen molar-refractivity contribution < 1.29 is 0 Å². The number of benzene rings is 10. The number of anilines is 5. The van der Waals surface area contributed by atoms with Gasteiger partial charge in [-0.15, -0.1) is 0 Å². The van der Waals surface area contributed by atoms with Crippen LogP contribution >= 0.6 is 0 Å². The predicted octanol–water partition coefficient (Wildman–Crippen LogP) is 16.8. The fourth-order valence-electron chi connectivity index (χ4n) is 10.4. The van der Waals surface area contributed by atoms with Gasteiger partial charge in [0.1, 0.15) is 0 Å². The van der Waals surface area contributed by atoms with Crippen LogP contribution in [0, 0.1) is 36.5 Å². The van der Waals surface area contributed by atoms with E-state index in [0.29, 0.717) is 11.1 Å². The van der Waals surface area contributed by atoms with Crippen molar-refractivity contribution in [1.82, 2.24) is 9.13 Å². The van der Waals surface area contributed by atoms with Gasteiger partial charge in [-0.05, 0) is 129 Å². The van der Waals surface area contributed by atoms with Crippen molar-refractivity contribution in [3.8, 4) is 45.8 Å². The van der Waals surface area contributed by atoms with E-state index < -0.39 is 0 Å². The average Bonchev–Trinajstić information content (AvgIpc) is 3.89. The number of hydrogen-bond donors (Lipinski definition) is 1. The molecule has 0 radical (unpaired) electrons. The van der Waals surface area contributed by atoms with E-state index in [2.05, 4.69) is 197 Å². The average molecular weight is 897 g/mol. The van der Waals surface area contributed by atoms with E-state index in [4.69, 9.17) is 0 Å². The van der Waals surface area contributed by atoms with E-state index in [1.54, 1.807) is 0 Å². The van der Waals surface area contributed by atoms with Crippen molar-refractivity contribution >= 4 is 72.0 Å². The van der Waals surface area contributed by atoms with Crippen molar-refractivity contribution in [3.05, 3.63) is 247 Å². The third-order valence-electron chi connectivity index (χ3n) is 13.4. The molecule has 0 spiro atoms. The number of rotatable bonds is 9. The van der Waals surface area contributed by atoms with Crippen molar-refractivity contribution in [2.45, 2.75) is 13.8 Å². The van der Waals surface area contributed by atoms with E-state index in [9.17, 15) is 10.5 Å². The highest BCUT2D eigenvalue weighted by molar-refractivity contribution is 6.14. The van der Waals surface area contributed by atoms with Crippen LogP contribution in [0.5, 0.6) is 0 Å². The van der Waals surface area contributed by atoms with Crippen LogP contribution in [-0.2, 0) is 0 Å². The maximum absolute atomic E-state index is 11.0. The highest BCUT2D eigenvalue weighted by atomic mass is 15.1. The molecule has 70 heavy (non-hydrogen) atoms. The van der Waals surface area contributed by atoms with E-state index in [1.165, 1.54) is 0 Å². The number of nitrogens with zero attached hydrogens (tertiary/aromatic N) is 5. The molecule has 12 aromatic rings. The molecule has 0 bridgehead atoms. The number of aromatic nitrogens is 2. The number of fused-ring (bicyclic) bond motifs is 6. The Morgan fingerprint density at radius 2 is 0.871 bits per heavy atom. The number of nitriles is 2. The minimum atomic E-state index is 0.543. The maximum atomic E-state index is 11.0. The van der Waals surface area contributed by atoms with Gasteiger partial charge in [-0.25, -0.2) is 0 Å². The van der Waals surface area contributed by atoms with Gasteiger partial charge in [0.25, 0.3) is 0 Å². The first-order chi connectivity index (χ1) is 34.5. The van der Waals surface area contributed by atoms with Gasteiger partial charge in [-0.1, -0.05) is 120 Å². The van der Waals surface area contributed by atoms with Crippen molar-refractivity contribution in [2.75, 3.05) is 10.2 Å². The molecule has 0 fully saturated rings. The molecule has 0 atom stereocenters. The van der Waals surface area contributed by atoms with Crippen LogP contribution in [0.3, 0.4) is 0 Å². The molecule has 0 aliphatic heterocycles. The molecular weight excluding hydrogens is 853 g/mol. The predicted molar refractivity (Wildman–Crippen MR) is 289 cm³/mol. The smallest absolute Gasteiger partial charge is 0.0998 e. The quantitative estimate of drug-likeness (QED) is 0.157. The summed E-state index contributed by atoms with van der Waals surface area (Å²) in [5.74, 6) is 0. The molecule has 0 aliphatic carbocycles. The van der Waals surface area contributed by atoms with Crippen LogP contribution in [0.25, 0.3) is 77.2 Å². The lowest BCUT2D eigenvalue weighted by Gasteiger charge is -2.26. The molecule has 0 aliphatic rings. The standard InChI is InChI=1S/C64H44N6/c1-42-26-31-60-54(36-42)55-37-43(2)27-32-61(55)70(60)64-53(51-24-14-12-16-44(51)40-65)30-35-62(63(64)52-25-15-13-17-45(52)41-66)69-58-33-28-47(67-46-18-6-3-7-19-46)38-56(58)57-39-50(29-34-59(57)69)68(48-20-8-4-9-21-48)49-22-10-5-11-23-49/h3-39,67H,1-2H3. The Labute approximate surface area is 406 Å². The van der Waals surface area contributed by atoms with E-state index in [0.717, 1.165) is 117 Å². The first-order valence-electron chi connectivity index (χ1n) is 23.5. The fourth-order valence-corrected chi connectivity index (χ4v) is 10.4. The molecule has 2 aromatic heterocycles. The number of aryl methyl sites for hydroxylation is 2. The topological polar surface area (TPSA) is 72.7 Å². The van der Waals surface area contributed by atoms with Gasteiger partial charge in [-0.3, -0.25) is 0 Å². The van der Waals surface area contributed by atoms with Crippen LogP contribution in [-0.4, -0.2) is 9.13 Å². The Bertz CT molecular complexity index is 3980. The summed E-state index contributed by atoms with van der Waals surface area (Å²) in [4.78, 5) is 2.30. The van der Waals surface area contributed by atoms with Gasteiger partial charge in [0.15, 0.2) is 0 Å². The van der Waals surface area contributed by atoms with Gasteiger partial charge in [0, 0.05) is 72.2 Å². The van der Waals surface area contributed by atoms with E-state index in [1.807, 2.05) is 72.8 Å². The molecule has 10 aromatic carbocycles. The molecule has 0 saturated carbocycles. The summed E-state index contributed by atoms with van der Waals surface area (Å²) in [5, 5.41) is 29.8. The maximum Gasteiger partial charge on any atom is 0.0998 e. The lowest BCUT2D eigenvalue weighted by atomic mass is 9.90. The van der Waals surface area contributed by atoms with Gasteiger partial charge in [0.05, 0.1) is 56.7 Å². The Morgan fingerprint density at radius 3 is 1.49 bits per heavy atom. The second-order valence-electron chi connectivity index (χ2n) is 17.8. The van der Waals surface area contributed by atoms with Crippen molar-refractivity contribution in [2.24, 2.45) is 0 Å². The molecule has 12 rings (SSSR count). The lowest BCUT2D eigenvalue weighted by Crippen LogP contribution is -2.09. The van der Waals surface area contributed by atoms with Gasteiger partial charge in [0.2, 0.25) is 0 Å². The fraction of sp³-hybridized carbons (Fsp3) is 0.0312. The highest BCUT2D eigenvalue weighted by Crippen LogP contribution is 2.48. The molecule has 6 heteroatoms. The summed E-state index contributed by atoms with van der Waals surface area (Å²) < 4.78 is 4.73. The molecule has 330 valence electrons. The zero-order chi connectivity index (χ0) is 47.3. The highest BCUT2D eigenvalue weighted by Gasteiger charge is 2.28. The van der Waals surface area contributed by atoms with Crippen LogP contribution in [0.4, 0.5) is 28.4 Å². The second-order valence-corrected chi connectivity index (χ2v) is 17.8. The summed E-state index contributed by atoms with van der Waals surface area (Å²) in [6.45, 7) is 4.27. The first kappa shape index (κ1) is 41.8. The zero-order valence-corrected chi connectivity index (χ0v) is 38.6. The summed E-state index contributed by atoms with van der Waals surface area (Å²) in [6.07, 6.45) is 0. The second kappa shape index (κ2) is 17.2. The van der Waals surface area contributed by atoms with Crippen LogP contribution < -0.4 is 10.2 Å². The Balaban J connectivity index is 1.24. The zero-order valence-electron chi connectivity index (χ0n) is 38.6. The summed E-state index contributed by atoms with van der Waals surface area (Å²) in [5.41, 5.74) is 17.7. The minimum absolute atomic E-state index is 0.543. The molecule has 1 N–H and O–H groups in total. The lowest BCUT2D eigenvalue weighted by molar-refractivity contribution is 1.14. The molecule has 0 amide bonds. The molecule has 0 unspecified atom stereocenters.